The third-order valence-corrected chi connectivity index (χ3v) is 5.09. The number of carbonyl (C=O) groups is 1. The second kappa shape index (κ2) is 6.15. The van der Waals surface area contributed by atoms with Crippen LogP contribution in [0.4, 0.5) is 0 Å². The fraction of sp³-hybridized carbons (Fsp3) is 0.692. The van der Waals surface area contributed by atoms with Gasteiger partial charge in [0.1, 0.15) is 11.8 Å². The van der Waals surface area contributed by atoms with Gasteiger partial charge in [-0.2, -0.15) is 4.31 Å². The molecule has 1 atom stereocenters. The van der Waals surface area contributed by atoms with Gasteiger partial charge < -0.3 is 9.84 Å². The molecule has 2 heterocycles. The first-order valence-corrected chi connectivity index (χ1v) is 8.82. The van der Waals surface area contributed by atoms with Crippen molar-refractivity contribution in [1.82, 2.24) is 14.8 Å². The monoisotopic (exact) mass is 315 g/mol. The van der Waals surface area contributed by atoms with Crippen LogP contribution in [0.2, 0.25) is 0 Å². The molecule has 7 nitrogen and oxygen atoms in total. The van der Waals surface area contributed by atoms with Gasteiger partial charge in [0.25, 0.3) is 0 Å². The summed E-state index contributed by atoms with van der Waals surface area (Å²) in [5, 5.41) is 6.62. The summed E-state index contributed by atoms with van der Waals surface area (Å²) in [6.45, 7) is 4.29. The van der Waals surface area contributed by atoms with Crippen molar-refractivity contribution in [2.75, 3.05) is 12.8 Å². The predicted molar refractivity (Wildman–Crippen MR) is 77.0 cm³/mol. The van der Waals surface area contributed by atoms with Gasteiger partial charge in [0.2, 0.25) is 15.9 Å². The summed E-state index contributed by atoms with van der Waals surface area (Å²) in [7, 11) is -3.37. The maximum Gasteiger partial charge on any atom is 0.238 e. The molecule has 1 N–H and O–H groups in total. The number of piperidine rings is 1. The van der Waals surface area contributed by atoms with Gasteiger partial charge in [-0.15, -0.1) is 0 Å². The normalized spacial score (nSPS) is 20.4. The summed E-state index contributed by atoms with van der Waals surface area (Å²) in [6, 6.07) is -0.616. The maximum absolute atomic E-state index is 12.3. The Morgan fingerprint density at radius 1 is 1.43 bits per heavy atom. The van der Waals surface area contributed by atoms with E-state index in [1.165, 1.54) is 4.31 Å². The van der Waals surface area contributed by atoms with Crippen LogP contribution in [0.25, 0.3) is 0 Å². The van der Waals surface area contributed by atoms with Gasteiger partial charge in [-0.1, -0.05) is 11.6 Å². The summed E-state index contributed by atoms with van der Waals surface area (Å²) in [4.78, 5) is 12.3. The Kier molecular flexibility index (Phi) is 4.67. The highest BCUT2D eigenvalue weighted by molar-refractivity contribution is 7.88. The van der Waals surface area contributed by atoms with E-state index in [2.05, 4.69) is 10.5 Å². The van der Waals surface area contributed by atoms with Crippen molar-refractivity contribution in [3.05, 3.63) is 17.0 Å². The van der Waals surface area contributed by atoms with E-state index < -0.39 is 16.1 Å². The van der Waals surface area contributed by atoms with Crippen LogP contribution in [0.1, 0.15) is 36.3 Å². The molecule has 1 aliphatic heterocycles. The highest BCUT2D eigenvalue weighted by atomic mass is 32.2. The molecule has 1 aromatic heterocycles. The van der Waals surface area contributed by atoms with Crippen LogP contribution in [0, 0.1) is 13.8 Å². The van der Waals surface area contributed by atoms with Crippen LogP contribution in [0.5, 0.6) is 0 Å². The first-order chi connectivity index (χ1) is 9.80. The molecule has 0 radical (unpaired) electrons. The molecule has 1 amide bonds. The van der Waals surface area contributed by atoms with Crippen molar-refractivity contribution in [2.24, 2.45) is 0 Å². The lowest BCUT2D eigenvalue weighted by Gasteiger charge is -2.32. The van der Waals surface area contributed by atoms with Gasteiger partial charge in [0, 0.05) is 18.7 Å². The van der Waals surface area contributed by atoms with Crippen LogP contribution < -0.4 is 5.32 Å². The minimum Gasteiger partial charge on any atom is -0.361 e. The number of amides is 1. The molecule has 1 fully saturated rings. The van der Waals surface area contributed by atoms with Crippen LogP contribution in [0.3, 0.4) is 0 Å². The van der Waals surface area contributed by atoms with E-state index in [1.54, 1.807) is 13.8 Å². The Morgan fingerprint density at radius 3 is 2.71 bits per heavy atom. The van der Waals surface area contributed by atoms with Gasteiger partial charge in [0.05, 0.1) is 11.9 Å². The standard InChI is InChI=1S/C13H21N3O4S/c1-9-11(10(2)20-15-9)8-14-13(17)12-6-4-5-7-16(12)21(3,18)19/h12H,4-8H2,1-3H3,(H,14,17). The minimum absolute atomic E-state index is 0.264. The molecule has 1 saturated heterocycles. The zero-order chi connectivity index (χ0) is 15.6. The topological polar surface area (TPSA) is 92.5 Å². The molecule has 0 aliphatic carbocycles. The van der Waals surface area contributed by atoms with E-state index in [0.717, 1.165) is 30.4 Å². The first kappa shape index (κ1) is 16.0. The molecular formula is C13H21N3O4S. The number of aryl methyl sites for hydroxylation is 2. The number of sulfonamides is 1. The van der Waals surface area contributed by atoms with E-state index in [1.807, 2.05) is 0 Å². The largest absolute Gasteiger partial charge is 0.361 e. The molecule has 0 bridgehead atoms. The average molecular weight is 315 g/mol. The molecular weight excluding hydrogens is 294 g/mol. The molecule has 1 aliphatic rings. The van der Waals surface area contributed by atoms with Crippen molar-refractivity contribution >= 4 is 15.9 Å². The minimum atomic E-state index is -3.37. The summed E-state index contributed by atoms with van der Waals surface area (Å²) in [5.74, 6) is 0.400. The van der Waals surface area contributed by atoms with E-state index in [9.17, 15) is 13.2 Å². The molecule has 118 valence electrons. The number of aromatic nitrogens is 1. The van der Waals surface area contributed by atoms with Gasteiger partial charge >= 0.3 is 0 Å². The van der Waals surface area contributed by atoms with Gasteiger partial charge in [-0.25, -0.2) is 8.42 Å². The predicted octanol–water partition coefficient (Wildman–Crippen LogP) is 0.722. The maximum atomic E-state index is 12.3. The second-order valence-corrected chi connectivity index (χ2v) is 7.34. The Morgan fingerprint density at radius 2 is 2.14 bits per heavy atom. The molecule has 0 spiro atoms. The zero-order valence-corrected chi connectivity index (χ0v) is 13.4. The van der Waals surface area contributed by atoms with Gasteiger partial charge in [-0.05, 0) is 26.7 Å². The Bertz CT molecular complexity index is 604. The van der Waals surface area contributed by atoms with Gasteiger partial charge in [-0.3, -0.25) is 4.79 Å². The van der Waals surface area contributed by atoms with E-state index >= 15 is 0 Å². The SMILES string of the molecule is Cc1noc(C)c1CNC(=O)C1CCCCN1S(C)(=O)=O. The lowest BCUT2D eigenvalue weighted by atomic mass is 10.0. The number of hydrogen-bond donors (Lipinski definition) is 1. The summed E-state index contributed by atoms with van der Waals surface area (Å²) in [5.41, 5.74) is 1.57. The molecule has 0 aromatic carbocycles. The van der Waals surface area contributed by atoms with Crippen molar-refractivity contribution in [3.8, 4) is 0 Å². The average Bonchev–Trinajstić information content (AvgIpc) is 2.74. The Hall–Kier alpha value is -1.41. The molecule has 0 saturated carbocycles. The summed E-state index contributed by atoms with van der Waals surface area (Å²) >= 11 is 0. The van der Waals surface area contributed by atoms with Crippen molar-refractivity contribution in [2.45, 2.75) is 45.7 Å². The molecule has 1 aromatic rings. The summed E-state index contributed by atoms with van der Waals surface area (Å²) in [6.07, 6.45) is 3.35. The van der Waals surface area contributed by atoms with Crippen LogP contribution in [0.15, 0.2) is 4.52 Å². The van der Waals surface area contributed by atoms with Crippen LogP contribution in [-0.2, 0) is 21.4 Å². The third kappa shape index (κ3) is 3.62. The third-order valence-electron chi connectivity index (χ3n) is 3.80. The van der Waals surface area contributed by atoms with E-state index in [0.29, 0.717) is 25.3 Å². The van der Waals surface area contributed by atoms with Crippen LogP contribution >= 0.6 is 0 Å². The Balaban J connectivity index is 2.05. The highest BCUT2D eigenvalue weighted by Crippen LogP contribution is 2.20. The van der Waals surface area contributed by atoms with Crippen molar-refractivity contribution < 1.29 is 17.7 Å². The zero-order valence-electron chi connectivity index (χ0n) is 12.5. The molecule has 21 heavy (non-hydrogen) atoms. The molecule has 8 heteroatoms. The number of nitrogens with zero attached hydrogens (tertiary/aromatic N) is 2. The highest BCUT2D eigenvalue weighted by Gasteiger charge is 2.34. The fourth-order valence-electron chi connectivity index (χ4n) is 2.61. The number of rotatable bonds is 4. The second-order valence-electron chi connectivity index (χ2n) is 5.41. The van der Waals surface area contributed by atoms with E-state index in [4.69, 9.17) is 4.52 Å². The Labute approximate surface area is 124 Å². The van der Waals surface area contributed by atoms with Crippen LogP contribution in [-0.4, -0.2) is 42.6 Å². The lowest BCUT2D eigenvalue weighted by molar-refractivity contribution is -0.125. The number of hydrogen-bond acceptors (Lipinski definition) is 5. The van der Waals surface area contributed by atoms with E-state index in [-0.39, 0.29) is 5.91 Å². The van der Waals surface area contributed by atoms with Crippen molar-refractivity contribution in [3.63, 3.8) is 0 Å². The lowest BCUT2D eigenvalue weighted by Crippen LogP contribution is -2.51. The quantitative estimate of drug-likeness (QED) is 0.884. The van der Waals surface area contributed by atoms with Gasteiger partial charge in [0.15, 0.2) is 0 Å². The molecule has 1 unspecified atom stereocenters. The number of carbonyl (C=O) groups excluding carboxylic acids is 1. The van der Waals surface area contributed by atoms with Crippen molar-refractivity contribution in [1.29, 1.82) is 0 Å². The summed E-state index contributed by atoms with van der Waals surface area (Å²) < 4.78 is 29.9. The first-order valence-electron chi connectivity index (χ1n) is 6.97. The molecule has 2 rings (SSSR count). The fourth-order valence-corrected chi connectivity index (χ4v) is 3.74. The number of nitrogens with one attached hydrogen (secondary N) is 1. The smallest absolute Gasteiger partial charge is 0.238 e.